The molecule has 1 atom stereocenters. The van der Waals surface area contributed by atoms with E-state index in [2.05, 4.69) is 0 Å². The van der Waals surface area contributed by atoms with Crippen LogP contribution in [0.1, 0.15) is 28.8 Å². The first-order chi connectivity index (χ1) is 9.34. The molecule has 1 unspecified atom stereocenters. The van der Waals surface area contributed by atoms with Gasteiger partial charge in [0.05, 0.1) is 23.8 Å². The number of nitrogens with zero attached hydrogens (tertiary/aromatic N) is 1. The predicted molar refractivity (Wildman–Crippen MR) is 62.5 cm³/mol. The van der Waals surface area contributed by atoms with Gasteiger partial charge >= 0.3 is 6.18 Å². The van der Waals surface area contributed by atoms with E-state index in [1.165, 1.54) is 4.90 Å². The summed E-state index contributed by atoms with van der Waals surface area (Å²) < 4.78 is 51.4. The molecule has 1 aliphatic heterocycles. The van der Waals surface area contributed by atoms with Gasteiger partial charge in [0.2, 0.25) is 0 Å². The Morgan fingerprint density at radius 1 is 1.40 bits per heavy atom. The number of aliphatic hydroxyl groups excluding tert-OH is 1. The van der Waals surface area contributed by atoms with Gasteiger partial charge in [0.25, 0.3) is 5.91 Å². The van der Waals surface area contributed by atoms with E-state index in [-0.39, 0.29) is 6.61 Å². The van der Waals surface area contributed by atoms with Crippen LogP contribution in [0, 0.1) is 5.82 Å². The van der Waals surface area contributed by atoms with Gasteiger partial charge in [-0.05, 0) is 31.0 Å². The highest BCUT2D eigenvalue weighted by Crippen LogP contribution is 2.31. The Balaban J connectivity index is 2.34. The van der Waals surface area contributed by atoms with Crippen LogP contribution in [0.4, 0.5) is 17.6 Å². The first-order valence-electron chi connectivity index (χ1n) is 6.13. The summed E-state index contributed by atoms with van der Waals surface area (Å²) in [6, 6.07) is 1.29. The second-order valence-corrected chi connectivity index (χ2v) is 4.67. The molecule has 2 rings (SSSR count). The molecular formula is C13H13F4NO2. The zero-order valence-electron chi connectivity index (χ0n) is 10.5. The Bertz CT molecular complexity index is 516. The summed E-state index contributed by atoms with van der Waals surface area (Å²) in [5.74, 6) is -1.81. The smallest absolute Gasteiger partial charge is 0.394 e. The molecular weight excluding hydrogens is 278 g/mol. The molecule has 7 heteroatoms. The van der Waals surface area contributed by atoms with E-state index in [1.54, 1.807) is 0 Å². The monoisotopic (exact) mass is 291 g/mol. The van der Waals surface area contributed by atoms with Crippen LogP contribution >= 0.6 is 0 Å². The number of carbonyl (C=O) groups excluding carboxylic acids is 1. The predicted octanol–water partition coefficient (Wildman–Crippen LogP) is 2.44. The van der Waals surface area contributed by atoms with E-state index in [0.717, 1.165) is 0 Å². The molecule has 3 nitrogen and oxygen atoms in total. The quantitative estimate of drug-likeness (QED) is 0.850. The molecule has 0 saturated carbocycles. The van der Waals surface area contributed by atoms with Crippen LogP contribution in [0.2, 0.25) is 0 Å². The van der Waals surface area contributed by atoms with Crippen LogP contribution in [-0.2, 0) is 6.18 Å². The zero-order chi connectivity index (χ0) is 14.9. The van der Waals surface area contributed by atoms with E-state index >= 15 is 0 Å². The minimum absolute atomic E-state index is 0.285. The minimum atomic E-state index is -4.63. The van der Waals surface area contributed by atoms with Crippen LogP contribution in [0.3, 0.4) is 0 Å². The van der Waals surface area contributed by atoms with Gasteiger partial charge in [-0.25, -0.2) is 4.39 Å². The first-order valence-corrected chi connectivity index (χ1v) is 6.13. The van der Waals surface area contributed by atoms with Crippen LogP contribution < -0.4 is 0 Å². The van der Waals surface area contributed by atoms with Gasteiger partial charge in [-0.15, -0.1) is 0 Å². The van der Waals surface area contributed by atoms with Crippen LogP contribution in [0.15, 0.2) is 18.2 Å². The summed E-state index contributed by atoms with van der Waals surface area (Å²) in [5, 5.41) is 9.12. The highest BCUT2D eigenvalue weighted by Gasteiger charge is 2.34. The van der Waals surface area contributed by atoms with Crippen molar-refractivity contribution < 1.29 is 27.5 Å². The third kappa shape index (κ3) is 2.77. The summed E-state index contributed by atoms with van der Waals surface area (Å²) in [4.78, 5) is 13.3. The molecule has 0 aliphatic carbocycles. The molecule has 1 aromatic rings. The normalized spacial score (nSPS) is 19.4. The molecule has 110 valence electrons. The molecule has 0 aromatic heterocycles. The van der Waals surface area contributed by atoms with E-state index in [0.29, 0.717) is 37.6 Å². The summed E-state index contributed by atoms with van der Waals surface area (Å²) in [6.07, 6.45) is -3.44. The molecule has 0 radical (unpaired) electrons. The number of amides is 1. The van der Waals surface area contributed by atoms with Gasteiger partial charge in [-0.3, -0.25) is 4.79 Å². The number of hydrogen-bond acceptors (Lipinski definition) is 2. The van der Waals surface area contributed by atoms with E-state index in [1.807, 2.05) is 0 Å². The molecule has 1 aliphatic rings. The molecule has 1 saturated heterocycles. The number of carbonyl (C=O) groups is 1. The highest BCUT2D eigenvalue weighted by molar-refractivity contribution is 5.95. The summed E-state index contributed by atoms with van der Waals surface area (Å²) in [6.45, 7) is 0.0199. The van der Waals surface area contributed by atoms with Crippen LogP contribution in [0.5, 0.6) is 0 Å². The Labute approximate surface area is 112 Å². The van der Waals surface area contributed by atoms with Crippen molar-refractivity contribution in [2.24, 2.45) is 0 Å². The third-order valence-corrected chi connectivity index (χ3v) is 3.37. The Morgan fingerprint density at radius 3 is 2.70 bits per heavy atom. The average molecular weight is 291 g/mol. The van der Waals surface area contributed by atoms with E-state index in [9.17, 15) is 22.4 Å². The number of aliphatic hydroxyl groups is 1. The molecule has 1 amide bonds. The summed E-state index contributed by atoms with van der Waals surface area (Å²) in [5.41, 5.74) is -1.68. The number of hydrogen-bond donors (Lipinski definition) is 1. The summed E-state index contributed by atoms with van der Waals surface area (Å²) in [7, 11) is 0. The third-order valence-electron chi connectivity index (χ3n) is 3.37. The Hall–Kier alpha value is -1.63. The summed E-state index contributed by atoms with van der Waals surface area (Å²) >= 11 is 0. The van der Waals surface area contributed by atoms with Crippen molar-refractivity contribution in [3.05, 3.63) is 35.1 Å². The Kier molecular flexibility index (Phi) is 3.99. The van der Waals surface area contributed by atoms with Crippen molar-refractivity contribution in [2.75, 3.05) is 13.2 Å². The topological polar surface area (TPSA) is 40.5 Å². The van der Waals surface area contributed by atoms with Crippen LogP contribution in [0.25, 0.3) is 0 Å². The van der Waals surface area contributed by atoms with Crippen LogP contribution in [-0.4, -0.2) is 35.1 Å². The molecule has 20 heavy (non-hydrogen) atoms. The molecule has 1 aromatic carbocycles. The fourth-order valence-corrected chi connectivity index (χ4v) is 2.31. The molecule has 1 fully saturated rings. The minimum Gasteiger partial charge on any atom is -0.394 e. The highest BCUT2D eigenvalue weighted by atomic mass is 19.4. The fraction of sp³-hybridized carbons (Fsp3) is 0.462. The average Bonchev–Trinajstić information content (AvgIpc) is 2.85. The van der Waals surface area contributed by atoms with Gasteiger partial charge in [0.15, 0.2) is 0 Å². The largest absolute Gasteiger partial charge is 0.416 e. The zero-order valence-corrected chi connectivity index (χ0v) is 10.5. The SMILES string of the molecule is O=C(c1cc(C(F)(F)F)ccc1F)N1CCCC1CO. The molecule has 0 bridgehead atoms. The lowest BCUT2D eigenvalue weighted by Crippen LogP contribution is -2.38. The van der Waals surface area contributed by atoms with E-state index in [4.69, 9.17) is 5.11 Å². The van der Waals surface area contributed by atoms with E-state index < -0.39 is 35.1 Å². The van der Waals surface area contributed by atoms with Gasteiger partial charge in [-0.1, -0.05) is 0 Å². The van der Waals surface area contributed by atoms with Crippen molar-refractivity contribution in [1.29, 1.82) is 0 Å². The maximum Gasteiger partial charge on any atom is 0.416 e. The maximum absolute atomic E-state index is 13.6. The van der Waals surface area contributed by atoms with Crippen molar-refractivity contribution in [2.45, 2.75) is 25.1 Å². The lowest BCUT2D eigenvalue weighted by atomic mass is 10.1. The lowest BCUT2D eigenvalue weighted by molar-refractivity contribution is -0.137. The number of likely N-dealkylation sites (tertiary alicyclic amines) is 1. The van der Waals surface area contributed by atoms with Gasteiger partial charge in [0, 0.05) is 6.54 Å². The number of alkyl halides is 3. The van der Waals surface area contributed by atoms with Crippen molar-refractivity contribution in [1.82, 2.24) is 4.90 Å². The van der Waals surface area contributed by atoms with Gasteiger partial charge in [-0.2, -0.15) is 13.2 Å². The molecule has 0 spiro atoms. The van der Waals surface area contributed by atoms with Gasteiger partial charge in [0.1, 0.15) is 5.82 Å². The van der Waals surface area contributed by atoms with Crippen molar-refractivity contribution >= 4 is 5.91 Å². The number of benzene rings is 1. The second kappa shape index (κ2) is 5.40. The fourth-order valence-electron chi connectivity index (χ4n) is 2.31. The second-order valence-electron chi connectivity index (χ2n) is 4.67. The first kappa shape index (κ1) is 14.8. The molecule has 1 N–H and O–H groups in total. The molecule has 1 heterocycles. The number of rotatable bonds is 2. The lowest BCUT2D eigenvalue weighted by Gasteiger charge is -2.23. The maximum atomic E-state index is 13.6. The number of halogens is 4. The Morgan fingerprint density at radius 2 is 2.10 bits per heavy atom. The standard InChI is InChI=1S/C13H13F4NO2/c14-11-4-3-8(13(15,16)17)6-10(11)12(20)18-5-1-2-9(18)7-19/h3-4,6,9,19H,1-2,5,7H2. The van der Waals surface area contributed by atoms with Crippen molar-refractivity contribution in [3.63, 3.8) is 0 Å². The van der Waals surface area contributed by atoms with Gasteiger partial charge < -0.3 is 10.0 Å². The van der Waals surface area contributed by atoms with Crippen molar-refractivity contribution in [3.8, 4) is 0 Å².